The average Bonchev–Trinajstić information content (AvgIpc) is 3.05. The van der Waals surface area contributed by atoms with E-state index in [0.717, 1.165) is 18.4 Å². The monoisotopic (exact) mass is 285 g/mol. The molecule has 3 aromatic rings. The van der Waals surface area contributed by atoms with Crippen LogP contribution in [0, 0.1) is 0 Å². The maximum atomic E-state index is 11.3. The molecule has 6 nitrogen and oxygen atoms in total. The van der Waals surface area contributed by atoms with Crippen molar-refractivity contribution < 1.29 is 14.4 Å². The molecule has 0 bridgehead atoms. The number of para-hydroxylation sites is 1. The van der Waals surface area contributed by atoms with Gasteiger partial charge in [-0.25, -0.2) is 4.79 Å². The number of fused-ring (bicyclic) bond motifs is 1. The third-order valence-corrected chi connectivity index (χ3v) is 3.31. The van der Waals surface area contributed by atoms with Gasteiger partial charge in [-0.1, -0.05) is 30.3 Å². The van der Waals surface area contributed by atoms with Crippen molar-refractivity contribution in [2.24, 2.45) is 0 Å². The van der Waals surface area contributed by atoms with Gasteiger partial charge in [-0.2, -0.15) is 4.98 Å². The van der Waals surface area contributed by atoms with Crippen LogP contribution in [0.5, 0.6) is 0 Å². The zero-order chi connectivity index (χ0) is 14.8. The SMILES string of the molecule is CCCc1noc(Cn2cc(C(=O)O)c3ccccc32)n1. The van der Waals surface area contributed by atoms with Crippen molar-refractivity contribution in [3.05, 3.63) is 47.7 Å². The third-order valence-electron chi connectivity index (χ3n) is 3.31. The number of aromatic nitrogens is 3. The van der Waals surface area contributed by atoms with Gasteiger partial charge in [0.25, 0.3) is 0 Å². The van der Waals surface area contributed by atoms with E-state index >= 15 is 0 Å². The van der Waals surface area contributed by atoms with Crippen LogP contribution in [0.4, 0.5) is 0 Å². The van der Waals surface area contributed by atoms with Gasteiger partial charge >= 0.3 is 5.97 Å². The zero-order valence-corrected chi connectivity index (χ0v) is 11.6. The molecule has 1 N–H and O–H groups in total. The standard InChI is InChI=1S/C15H15N3O3/c1-2-5-13-16-14(21-17-13)9-18-8-11(15(19)20)10-6-3-4-7-12(10)18/h3-4,6-8H,2,5,9H2,1H3,(H,19,20). The summed E-state index contributed by atoms with van der Waals surface area (Å²) >= 11 is 0. The van der Waals surface area contributed by atoms with Crippen LogP contribution >= 0.6 is 0 Å². The molecule has 0 fully saturated rings. The normalized spacial score (nSPS) is 11.1. The van der Waals surface area contributed by atoms with Gasteiger partial charge in [0.05, 0.1) is 5.56 Å². The van der Waals surface area contributed by atoms with Gasteiger partial charge < -0.3 is 14.2 Å². The summed E-state index contributed by atoms with van der Waals surface area (Å²) in [6.07, 6.45) is 3.33. The maximum Gasteiger partial charge on any atom is 0.337 e. The highest BCUT2D eigenvalue weighted by molar-refractivity contribution is 6.03. The van der Waals surface area contributed by atoms with Crippen LogP contribution in [0.25, 0.3) is 10.9 Å². The number of carboxylic acid groups (broad SMARTS) is 1. The van der Waals surface area contributed by atoms with E-state index in [2.05, 4.69) is 17.1 Å². The number of rotatable bonds is 5. The first-order valence-corrected chi connectivity index (χ1v) is 6.81. The second-order valence-corrected chi connectivity index (χ2v) is 4.85. The number of aryl methyl sites for hydroxylation is 1. The minimum absolute atomic E-state index is 0.277. The summed E-state index contributed by atoms with van der Waals surface area (Å²) in [5, 5.41) is 13.9. The molecule has 0 saturated carbocycles. The van der Waals surface area contributed by atoms with Crippen LogP contribution in [-0.4, -0.2) is 25.8 Å². The summed E-state index contributed by atoms with van der Waals surface area (Å²) in [4.78, 5) is 15.6. The van der Waals surface area contributed by atoms with Gasteiger partial charge in [-0.3, -0.25) is 0 Å². The van der Waals surface area contributed by atoms with Gasteiger partial charge in [-0.05, 0) is 12.5 Å². The first-order valence-electron chi connectivity index (χ1n) is 6.81. The highest BCUT2D eigenvalue weighted by Gasteiger charge is 2.15. The molecule has 3 rings (SSSR count). The molecule has 0 spiro atoms. The van der Waals surface area contributed by atoms with Crippen molar-refractivity contribution in [2.75, 3.05) is 0 Å². The molecular formula is C15H15N3O3. The number of benzene rings is 1. The second kappa shape index (κ2) is 5.40. The minimum Gasteiger partial charge on any atom is -0.478 e. The van der Waals surface area contributed by atoms with E-state index in [1.165, 1.54) is 0 Å². The molecule has 0 aliphatic rings. The van der Waals surface area contributed by atoms with Crippen LogP contribution in [-0.2, 0) is 13.0 Å². The van der Waals surface area contributed by atoms with Crippen molar-refractivity contribution in [2.45, 2.75) is 26.3 Å². The largest absolute Gasteiger partial charge is 0.478 e. The van der Waals surface area contributed by atoms with E-state index in [1.54, 1.807) is 12.3 Å². The molecule has 21 heavy (non-hydrogen) atoms. The van der Waals surface area contributed by atoms with E-state index < -0.39 is 5.97 Å². The predicted octanol–water partition coefficient (Wildman–Crippen LogP) is 2.72. The van der Waals surface area contributed by atoms with Gasteiger partial charge in [0.1, 0.15) is 6.54 Å². The van der Waals surface area contributed by atoms with Gasteiger partial charge in [0.15, 0.2) is 5.82 Å². The number of hydrogen-bond donors (Lipinski definition) is 1. The smallest absolute Gasteiger partial charge is 0.337 e. The van der Waals surface area contributed by atoms with E-state index in [4.69, 9.17) is 4.52 Å². The fourth-order valence-electron chi connectivity index (χ4n) is 2.37. The van der Waals surface area contributed by atoms with Crippen molar-refractivity contribution in [3.63, 3.8) is 0 Å². The van der Waals surface area contributed by atoms with Gasteiger partial charge in [-0.15, -0.1) is 0 Å². The molecule has 1 aromatic carbocycles. The highest BCUT2D eigenvalue weighted by Crippen LogP contribution is 2.22. The molecule has 108 valence electrons. The van der Waals surface area contributed by atoms with Crippen LogP contribution in [0.1, 0.15) is 35.4 Å². The van der Waals surface area contributed by atoms with Crippen molar-refractivity contribution >= 4 is 16.9 Å². The molecule has 2 aromatic heterocycles. The second-order valence-electron chi connectivity index (χ2n) is 4.85. The van der Waals surface area contributed by atoms with Crippen LogP contribution in [0.15, 0.2) is 35.0 Å². The topological polar surface area (TPSA) is 81.2 Å². The molecule has 2 heterocycles. The van der Waals surface area contributed by atoms with E-state index in [9.17, 15) is 9.90 Å². The zero-order valence-electron chi connectivity index (χ0n) is 11.6. The Balaban J connectivity index is 1.98. The molecule has 0 amide bonds. The van der Waals surface area contributed by atoms with Crippen LogP contribution in [0.2, 0.25) is 0 Å². The average molecular weight is 285 g/mol. The molecule has 0 unspecified atom stereocenters. The molecule has 0 radical (unpaired) electrons. The Morgan fingerprint density at radius 3 is 2.95 bits per heavy atom. The van der Waals surface area contributed by atoms with E-state index in [1.807, 2.05) is 22.8 Å². The molecular weight excluding hydrogens is 270 g/mol. The Hall–Kier alpha value is -2.63. The van der Waals surface area contributed by atoms with Gasteiger partial charge in [0, 0.05) is 23.5 Å². The number of carbonyl (C=O) groups is 1. The molecule has 6 heteroatoms. The minimum atomic E-state index is -0.942. The first kappa shape index (κ1) is 13.4. The predicted molar refractivity (Wildman–Crippen MR) is 76.3 cm³/mol. The Morgan fingerprint density at radius 2 is 2.19 bits per heavy atom. The quantitative estimate of drug-likeness (QED) is 0.779. The summed E-state index contributed by atoms with van der Waals surface area (Å²) < 4.78 is 7.03. The molecule has 0 aliphatic heterocycles. The molecule has 0 atom stereocenters. The number of hydrogen-bond acceptors (Lipinski definition) is 4. The van der Waals surface area contributed by atoms with E-state index in [0.29, 0.717) is 23.6 Å². The Morgan fingerprint density at radius 1 is 1.38 bits per heavy atom. The Labute approximate surface area is 121 Å². The van der Waals surface area contributed by atoms with Crippen molar-refractivity contribution in [3.8, 4) is 0 Å². The number of nitrogens with zero attached hydrogens (tertiary/aromatic N) is 3. The fourth-order valence-corrected chi connectivity index (χ4v) is 2.37. The third kappa shape index (κ3) is 2.52. The lowest BCUT2D eigenvalue weighted by atomic mass is 10.2. The maximum absolute atomic E-state index is 11.3. The summed E-state index contributed by atoms with van der Waals surface area (Å²) in [7, 11) is 0. The molecule has 0 aliphatic carbocycles. The van der Waals surface area contributed by atoms with Gasteiger partial charge in [0.2, 0.25) is 5.89 Å². The lowest BCUT2D eigenvalue weighted by Gasteiger charge is -2.00. The van der Waals surface area contributed by atoms with Crippen molar-refractivity contribution in [1.29, 1.82) is 0 Å². The summed E-state index contributed by atoms with van der Waals surface area (Å²) in [6.45, 7) is 2.42. The van der Waals surface area contributed by atoms with Crippen molar-refractivity contribution in [1.82, 2.24) is 14.7 Å². The molecule has 0 saturated heterocycles. The lowest BCUT2D eigenvalue weighted by molar-refractivity contribution is 0.0698. The highest BCUT2D eigenvalue weighted by atomic mass is 16.5. The number of carboxylic acids is 1. The van der Waals surface area contributed by atoms with Crippen LogP contribution < -0.4 is 0 Å². The Kier molecular flexibility index (Phi) is 3.43. The Bertz CT molecular complexity index is 788. The first-order chi connectivity index (χ1) is 10.2. The fraction of sp³-hybridized carbons (Fsp3) is 0.267. The number of aromatic carboxylic acids is 1. The summed E-state index contributed by atoms with van der Waals surface area (Å²) in [6, 6.07) is 7.38. The summed E-state index contributed by atoms with van der Waals surface area (Å²) in [5.41, 5.74) is 1.11. The van der Waals surface area contributed by atoms with Crippen LogP contribution in [0.3, 0.4) is 0 Å². The summed E-state index contributed by atoms with van der Waals surface area (Å²) in [5.74, 6) is 0.223. The van der Waals surface area contributed by atoms with E-state index in [-0.39, 0.29) is 5.56 Å². The lowest BCUT2D eigenvalue weighted by Crippen LogP contribution is -1.99.